The molecule has 0 atom stereocenters. The minimum Gasteiger partial charge on any atom is -0.480 e. The average Bonchev–Trinajstić information content (AvgIpc) is 2.38. The molecule has 0 amide bonds. The lowest BCUT2D eigenvalue weighted by molar-refractivity contribution is -0.138. The summed E-state index contributed by atoms with van der Waals surface area (Å²) in [5.41, 5.74) is 0. The zero-order chi connectivity index (χ0) is 15.6. The monoisotopic (exact) mass is 352 g/mol. The van der Waals surface area contributed by atoms with E-state index in [-0.39, 0.29) is 34.6 Å². The zero-order valence-corrected chi connectivity index (χ0v) is 13.3. The van der Waals surface area contributed by atoms with Gasteiger partial charge >= 0.3 is 5.97 Å². The molecule has 1 heterocycles. The second kappa shape index (κ2) is 6.50. The third-order valence-corrected chi connectivity index (χ3v) is 6.06. The Bertz CT molecular complexity index is 622. The van der Waals surface area contributed by atoms with Crippen LogP contribution in [-0.2, 0) is 14.8 Å². The van der Waals surface area contributed by atoms with Crippen molar-refractivity contribution in [2.45, 2.75) is 4.90 Å². The van der Waals surface area contributed by atoms with E-state index in [9.17, 15) is 13.2 Å². The number of nitrogens with zero attached hydrogens (tertiary/aromatic N) is 2. The largest absolute Gasteiger partial charge is 0.480 e. The molecule has 1 fully saturated rings. The van der Waals surface area contributed by atoms with E-state index in [1.807, 2.05) is 0 Å². The van der Waals surface area contributed by atoms with Crippen LogP contribution in [0.15, 0.2) is 23.1 Å². The Labute approximate surface area is 132 Å². The van der Waals surface area contributed by atoms with Crippen LogP contribution in [0.25, 0.3) is 0 Å². The lowest BCUT2D eigenvalue weighted by Gasteiger charge is -2.33. The van der Waals surface area contributed by atoms with Gasteiger partial charge in [-0.1, -0.05) is 29.3 Å². The van der Waals surface area contributed by atoms with E-state index in [0.717, 1.165) is 0 Å². The van der Waals surface area contributed by atoms with Gasteiger partial charge in [-0.3, -0.25) is 9.69 Å². The van der Waals surface area contributed by atoms with Gasteiger partial charge in [-0.05, 0) is 12.1 Å². The molecule has 0 bridgehead atoms. The van der Waals surface area contributed by atoms with Gasteiger partial charge in [0.15, 0.2) is 0 Å². The highest BCUT2D eigenvalue weighted by Crippen LogP contribution is 2.31. The molecule has 1 N–H and O–H groups in total. The highest BCUT2D eigenvalue weighted by molar-refractivity contribution is 7.89. The minimum absolute atomic E-state index is 0.0791. The lowest BCUT2D eigenvalue weighted by Crippen LogP contribution is -2.49. The molecule has 1 saturated heterocycles. The summed E-state index contributed by atoms with van der Waals surface area (Å²) in [5, 5.41) is 8.89. The summed E-state index contributed by atoms with van der Waals surface area (Å²) in [5.74, 6) is -0.930. The van der Waals surface area contributed by atoms with Crippen molar-refractivity contribution >= 4 is 39.2 Å². The van der Waals surface area contributed by atoms with Crippen molar-refractivity contribution in [3.05, 3.63) is 28.2 Å². The van der Waals surface area contributed by atoms with Gasteiger partial charge in [0, 0.05) is 26.2 Å². The van der Waals surface area contributed by atoms with Crippen molar-refractivity contribution in [2.75, 3.05) is 32.7 Å². The van der Waals surface area contributed by atoms with E-state index < -0.39 is 16.0 Å². The van der Waals surface area contributed by atoms with E-state index >= 15 is 0 Å². The normalized spacial score (nSPS) is 17.8. The fourth-order valence-electron chi connectivity index (χ4n) is 2.18. The third-order valence-electron chi connectivity index (χ3n) is 3.21. The van der Waals surface area contributed by atoms with Crippen molar-refractivity contribution in [2.24, 2.45) is 0 Å². The molecule has 0 aromatic heterocycles. The van der Waals surface area contributed by atoms with Crippen LogP contribution in [0, 0.1) is 0 Å². The van der Waals surface area contributed by atoms with E-state index in [4.69, 9.17) is 28.3 Å². The molecule has 0 aliphatic carbocycles. The Morgan fingerprint density at radius 3 is 2.14 bits per heavy atom. The van der Waals surface area contributed by atoms with Crippen LogP contribution in [0.2, 0.25) is 10.0 Å². The first-order chi connectivity index (χ1) is 9.82. The summed E-state index contributed by atoms with van der Waals surface area (Å²) in [7, 11) is -3.78. The van der Waals surface area contributed by atoms with Gasteiger partial charge in [-0.15, -0.1) is 0 Å². The van der Waals surface area contributed by atoms with Crippen molar-refractivity contribution in [1.82, 2.24) is 9.21 Å². The first-order valence-corrected chi connectivity index (χ1v) is 8.40. The lowest BCUT2D eigenvalue weighted by atomic mass is 10.3. The number of halogens is 2. The van der Waals surface area contributed by atoms with Crippen molar-refractivity contribution in [3.8, 4) is 0 Å². The Hall–Kier alpha value is -0.860. The van der Waals surface area contributed by atoms with E-state index in [1.54, 1.807) is 11.0 Å². The Balaban J connectivity index is 2.17. The summed E-state index contributed by atoms with van der Waals surface area (Å²) in [6.45, 7) is 1.02. The number of hydrogen-bond acceptors (Lipinski definition) is 4. The average molecular weight is 353 g/mol. The molecule has 0 unspecified atom stereocenters. The number of hydrogen-bond donors (Lipinski definition) is 1. The molecular weight excluding hydrogens is 339 g/mol. The number of piperazine rings is 1. The standard InChI is InChI=1S/C12H14Cl2N2O4S/c13-9-2-1-3-10(14)12(9)21(19,20)16-6-4-15(5-7-16)8-11(17)18/h1-3H,4-8H2,(H,17,18). The van der Waals surface area contributed by atoms with Crippen LogP contribution in [0.1, 0.15) is 0 Å². The van der Waals surface area contributed by atoms with E-state index in [1.165, 1.54) is 16.4 Å². The first kappa shape index (κ1) is 16.5. The molecule has 21 heavy (non-hydrogen) atoms. The maximum absolute atomic E-state index is 12.6. The van der Waals surface area contributed by atoms with Gasteiger partial charge in [0.05, 0.1) is 16.6 Å². The number of sulfonamides is 1. The van der Waals surface area contributed by atoms with Gasteiger partial charge in [0.25, 0.3) is 0 Å². The van der Waals surface area contributed by atoms with Gasteiger partial charge < -0.3 is 5.11 Å². The van der Waals surface area contributed by atoms with Gasteiger partial charge in [0.1, 0.15) is 4.90 Å². The maximum Gasteiger partial charge on any atom is 0.317 e. The minimum atomic E-state index is -3.78. The second-order valence-corrected chi connectivity index (χ2v) is 7.31. The summed E-state index contributed by atoms with van der Waals surface area (Å²) in [4.78, 5) is 12.2. The summed E-state index contributed by atoms with van der Waals surface area (Å²) >= 11 is 11.9. The number of carboxylic acid groups (broad SMARTS) is 1. The van der Waals surface area contributed by atoms with Gasteiger partial charge in [-0.25, -0.2) is 8.42 Å². The van der Waals surface area contributed by atoms with Crippen LogP contribution >= 0.6 is 23.2 Å². The number of rotatable bonds is 4. The molecule has 6 nitrogen and oxygen atoms in total. The van der Waals surface area contributed by atoms with Crippen molar-refractivity contribution in [3.63, 3.8) is 0 Å². The topological polar surface area (TPSA) is 77.9 Å². The third kappa shape index (κ3) is 3.67. The summed E-state index contributed by atoms with van der Waals surface area (Å²) in [6.07, 6.45) is 0. The van der Waals surface area contributed by atoms with Crippen molar-refractivity contribution in [1.29, 1.82) is 0 Å². The molecule has 1 aromatic rings. The fraction of sp³-hybridized carbons (Fsp3) is 0.417. The van der Waals surface area contributed by atoms with Crippen molar-refractivity contribution < 1.29 is 18.3 Å². The van der Waals surface area contributed by atoms with Gasteiger partial charge in [0.2, 0.25) is 10.0 Å². The molecule has 1 aromatic carbocycles. The molecule has 0 saturated carbocycles. The SMILES string of the molecule is O=C(O)CN1CCN(S(=O)(=O)c2c(Cl)cccc2Cl)CC1. The molecular formula is C12H14Cl2N2O4S. The van der Waals surface area contributed by atoms with E-state index in [2.05, 4.69) is 0 Å². The second-order valence-electron chi connectivity index (χ2n) is 4.62. The highest BCUT2D eigenvalue weighted by atomic mass is 35.5. The fourth-order valence-corrected chi connectivity index (χ4v) is 4.69. The van der Waals surface area contributed by atoms with E-state index in [0.29, 0.717) is 13.1 Å². The molecule has 1 aliphatic heterocycles. The van der Waals surface area contributed by atoms with Gasteiger partial charge in [-0.2, -0.15) is 4.31 Å². The number of benzene rings is 1. The Morgan fingerprint density at radius 1 is 1.14 bits per heavy atom. The van der Waals surface area contributed by atoms with Crippen LogP contribution in [0.4, 0.5) is 0 Å². The highest BCUT2D eigenvalue weighted by Gasteiger charge is 2.32. The molecule has 2 rings (SSSR count). The molecule has 116 valence electrons. The van der Waals surface area contributed by atoms with Crippen LogP contribution in [0.3, 0.4) is 0 Å². The predicted octanol–water partition coefficient (Wildman–Crippen LogP) is 1.38. The molecule has 0 spiro atoms. The van der Waals surface area contributed by atoms with Crippen LogP contribution in [-0.4, -0.2) is 61.4 Å². The first-order valence-electron chi connectivity index (χ1n) is 6.20. The Morgan fingerprint density at radius 2 is 1.67 bits per heavy atom. The van der Waals surface area contributed by atoms with Crippen LogP contribution in [0.5, 0.6) is 0 Å². The van der Waals surface area contributed by atoms with Crippen LogP contribution < -0.4 is 0 Å². The number of aliphatic carboxylic acids is 1. The summed E-state index contributed by atoms with van der Waals surface area (Å²) in [6, 6.07) is 4.52. The number of carboxylic acids is 1. The molecule has 9 heteroatoms. The maximum atomic E-state index is 12.6. The Kier molecular flexibility index (Phi) is 5.11. The quantitative estimate of drug-likeness (QED) is 0.885. The molecule has 0 radical (unpaired) electrons. The summed E-state index contributed by atoms with van der Waals surface area (Å²) < 4.78 is 26.4. The number of carbonyl (C=O) groups is 1. The molecule has 1 aliphatic rings. The zero-order valence-electron chi connectivity index (χ0n) is 11.0. The predicted molar refractivity (Wildman–Crippen MR) is 79.3 cm³/mol. The smallest absolute Gasteiger partial charge is 0.317 e.